The van der Waals surface area contributed by atoms with E-state index < -0.39 is 16.9 Å². The highest BCUT2D eigenvalue weighted by atomic mass is 32.2. The number of hydrogen-bond donors (Lipinski definition) is 1. The second-order valence-corrected chi connectivity index (χ2v) is 11.3. The van der Waals surface area contributed by atoms with Crippen molar-refractivity contribution < 1.29 is 32.7 Å². The molecule has 0 radical (unpaired) electrons. The Kier molecular flexibility index (Phi) is 6.50. The second-order valence-electron chi connectivity index (χ2n) is 10.2. The van der Waals surface area contributed by atoms with Gasteiger partial charge in [-0.1, -0.05) is 25.1 Å². The van der Waals surface area contributed by atoms with Gasteiger partial charge in [-0.2, -0.15) is 13.2 Å². The van der Waals surface area contributed by atoms with Crippen LogP contribution in [0.3, 0.4) is 0 Å². The highest BCUT2D eigenvalue weighted by Crippen LogP contribution is 2.62. The van der Waals surface area contributed by atoms with Crippen molar-refractivity contribution in [3.63, 3.8) is 0 Å². The number of fused-ring (bicyclic) bond motifs is 2. The normalized spacial score (nSPS) is 24.5. The Morgan fingerprint density at radius 2 is 1.73 bits per heavy atom. The number of thioether (sulfide) groups is 1. The van der Waals surface area contributed by atoms with E-state index in [1.165, 1.54) is 24.3 Å². The number of aliphatic carboxylic acids is 1. The molecule has 0 spiro atoms. The van der Waals surface area contributed by atoms with Gasteiger partial charge < -0.3 is 14.9 Å². The fourth-order valence-electron chi connectivity index (χ4n) is 5.84. The van der Waals surface area contributed by atoms with Crippen molar-refractivity contribution in [3.8, 4) is 0 Å². The average molecular weight is 533 g/mol. The van der Waals surface area contributed by atoms with Gasteiger partial charge in [0.25, 0.3) is 5.91 Å². The summed E-state index contributed by atoms with van der Waals surface area (Å²) in [7, 11) is 0. The van der Waals surface area contributed by atoms with Crippen LogP contribution >= 0.6 is 11.8 Å². The first-order valence-electron chi connectivity index (χ1n) is 12.3. The van der Waals surface area contributed by atoms with Gasteiger partial charge in [0, 0.05) is 40.1 Å². The quantitative estimate of drug-likeness (QED) is 0.441. The van der Waals surface area contributed by atoms with Crippen LogP contribution in [0.4, 0.5) is 18.9 Å². The fourth-order valence-corrected chi connectivity index (χ4v) is 6.38. The van der Waals surface area contributed by atoms with E-state index >= 15 is 0 Å². The number of carboxylic acid groups (broad SMARTS) is 1. The third-order valence-electron chi connectivity index (χ3n) is 7.76. The molecule has 1 heterocycles. The summed E-state index contributed by atoms with van der Waals surface area (Å²) < 4.78 is 38.2. The van der Waals surface area contributed by atoms with Gasteiger partial charge in [-0.15, -0.1) is 0 Å². The van der Waals surface area contributed by atoms with E-state index in [0.717, 1.165) is 31.2 Å². The lowest BCUT2D eigenvalue weighted by molar-refractivity contribution is -0.145. The Balaban J connectivity index is 1.50. The predicted octanol–water partition coefficient (Wildman–Crippen LogP) is 6.02. The van der Waals surface area contributed by atoms with Gasteiger partial charge in [0.15, 0.2) is 0 Å². The van der Waals surface area contributed by atoms with Crippen LogP contribution in [0, 0.1) is 5.41 Å². The highest BCUT2D eigenvalue weighted by molar-refractivity contribution is 8.00. The summed E-state index contributed by atoms with van der Waals surface area (Å²) in [5.41, 5.74) is -3.02. The Morgan fingerprint density at radius 1 is 1.05 bits per heavy atom. The molecular formula is C27H27F3N2O4S. The van der Waals surface area contributed by atoms with Gasteiger partial charge >= 0.3 is 11.5 Å². The number of anilines is 1. The maximum absolute atomic E-state index is 13.8. The molecule has 6 nitrogen and oxygen atoms in total. The smallest absolute Gasteiger partial charge is 0.446 e. The third-order valence-corrected chi connectivity index (χ3v) is 8.50. The minimum Gasteiger partial charge on any atom is -0.481 e. The molecule has 10 heteroatoms. The van der Waals surface area contributed by atoms with Gasteiger partial charge in [0.1, 0.15) is 0 Å². The molecule has 5 rings (SSSR count). The van der Waals surface area contributed by atoms with E-state index in [1.54, 1.807) is 4.90 Å². The second kappa shape index (κ2) is 9.38. The molecule has 0 saturated heterocycles. The van der Waals surface area contributed by atoms with E-state index in [1.807, 2.05) is 29.2 Å². The summed E-state index contributed by atoms with van der Waals surface area (Å²) in [6, 6.07) is 12.5. The van der Waals surface area contributed by atoms with Crippen molar-refractivity contribution in [2.24, 2.45) is 5.41 Å². The number of para-hydroxylation sites is 1. The Hall–Kier alpha value is -3.01. The molecule has 3 unspecified atom stereocenters. The number of benzene rings is 2. The van der Waals surface area contributed by atoms with Crippen molar-refractivity contribution in [3.05, 3.63) is 59.7 Å². The minimum atomic E-state index is -4.41. The van der Waals surface area contributed by atoms with Crippen LogP contribution in [0.5, 0.6) is 0 Å². The van der Waals surface area contributed by atoms with Crippen LogP contribution in [-0.4, -0.2) is 45.4 Å². The van der Waals surface area contributed by atoms with Crippen molar-refractivity contribution in [1.29, 1.82) is 0 Å². The maximum Gasteiger partial charge on any atom is 0.446 e. The lowest BCUT2D eigenvalue weighted by atomic mass is 9.56. The Labute approximate surface area is 216 Å². The van der Waals surface area contributed by atoms with Gasteiger partial charge in [0.2, 0.25) is 5.91 Å². The van der Waals surface area contributed by atoms with Crippen LogP contribution in [-0.2, 0) is 9.59 Å². The molecule has 3 aliphatic rings. The number of carboxylic acids is 1. The summed E-state index contributed by atoms with van der Waals surface area (Å²) in [6.45, 7) is 2.07. The van der Waals surface area contributed by atoms with E-state index in [-0.39, 0.29) is 59.4 Å². The van der Waals surface area contributed by atoms with Crippen LogP contribution in [0.2, 0.25) is 0 Å². The first kappa shape index (κ1) is 25.6. The van der Waals surface area contributed by atoms with Crippen LogP contribution in [0.15, 0.2) is 53.4 Å². The summed E-state index contributed by atoms with van der Waals surface area (Å²) in [4.78, 5) is 41.9. The molecule has 1 N–H and O–H groups in total. The first-order valence-corrected chi connectivity index (χ1v) is 13.1. The van der Waals surface area contributed by atoms with E-state index in [4.69, 9.17) is 5.11 Å². The monoisotopic (exact) mass is 532 g/mol. The van der Waals surface area contributed by atoms with Crippen LogP contribution in [0.25, 0.3) is 0 Å². The van der Waals surface area contributed by atoms with E-state index in [0.29, 0.717) is 11.3 Å². The van der Waals surface area contributed by atoms with Gasteiger partial charge in [0.05, 0.1) is 12.5 Å². The van der Waals surface area contributed by atoms with Gasteiger partial charge in [-0.3, -0.25) is 14.4 Å². The molecule has 2 aromatic carbocycles. The zero-order valence-electron chi connectivity index (χ0n) is 20.2. The molecule has 3 atom stereocenters. The average Bonchev–Trinajstić information content (AvgIpc) is 3.67. The highest BCUT2D eigenvalue weighted by Gasteiger charge is 2.60. The Morgan fingerprint density at radius 3 is 2.30 bits per heavy atom. The number of nitrogens with zero attached hydrogens (tertiary/aromatic N) is 2. The number of carbonyl (C=O) groups excluding carboxylic acids is 2. The molecule has 2 aliphatic carbocycles. The number of hydrogen-bond acceptors (Lipinski definition) is 4. The standard InChI is InChI=1S/C27H27F3N2O4S/c1-26-15-14-21(26)32(25(36)16-6-10-18(11-7-16)37-27(28,29)30)20-5-3-2-4-19(20)24(26)31(17-8-9-17)22(33)12-13-23(34)35/h2-7,10-11,17,21,24H,8-9,12-15H2,1H3,(H,34,35). The van der Waals surface area contributed by atoms with Gasteiger partial charge in [-0.05, 0) is 73.3 Å². The molecule has 0 aromatic heterocycles. The molecule has 37 heavy (non-hydrogen) atoms. The van der Waals surface area contributed by atoms with E-state index in [9.17, 15) is 27.6 Å². The number of alkyl halides is 3. The topological polar surface area (TPSA) is 77.9 Å². The fraction of sp³-hybridized carbons (Fsp3) is 0.444. The molecular weight excluding hydrogens is 505 g/mol. The van der Waals surface area contributed by atoms with Gasteiger partial charge in [-0.25, -0.2) is 0 Å². The molecule has 2 fully saturated rings. The molecule has 2 aromatic rings. The summed E-state index contributed by atoms with van der Waals surface area (Å²) in [6.07, 6.45) is 2.94. The van der Waals surface area contributed by atoms with Crippen LogP contribution < -0.4 is 4.90 Å². The summed E-state index contributed by atoms with van der Waals surface area (Å²) in [5.74, 6) is -1.49. The number of halogens is 3. The molecule has 196 valence electrons. The lowest BCUT2D eigenvalue weighted by Gasteiger charge is -2.62. The maximum atomic E-state index is 13.8. The largest absolute Gasteiger partial charge is 0.481 e. The van der Waals surface area contributed by atoms with Crippen molar-refractivity contribution >= 4 is 35.2 Å². The number of rotatable bonds is 7. The van der Waals surface area contributed by atoms with Crippen molar-refractivity contribution in [2.45, 2.75) is 74.0 Å². The third kappa shape index (κ3) is 4.83. The first-order chi connectivity index (χ1) is 17.5. The summed E-state index contributed by atoms with van der Waals surface area (Å²) >= 11 is -0.222. The molecule has 1 aliphatic heterocycles. The Bertz CT molecular complexity index is 1230. The number of amides is 2. The van der Waals surface area contributed by atoms with Crippen molar-refractivity contribution in [1.82, 2.24) is 4.90 Å². The van der Waals surface area contributed by atoms with Crippen molar-refractivity contribution in [2.75, 3.05) is 4.90 Å². The lowest BCUT2D eigenvalue weighted by Crippen LogP contribution is -2.65. The molecule has 2 amide bonds. The predicted molar refractivity (Wildman–Crippen MR) is 132 cm³/mol. The zero-order chi connectivity index (χ0) is 26.5. The minimum absolute atomic E-state index is 0.0107. The van der Waals surface area contributed by atoms with Crippen LogP contribution in [0.1, 0.15) is 67.4 Å². The molecule has 0 bridgehead atoms. The SMILES string of the molecule is CC12CCC1N(C(=O)c1ccc(SC(F)(F)F)cc1)c1ccccc1C2N(C(=O)CCC(=O)O)C1CC1. The van der Waals surface area contributed by atoms with E-state index in [2.05, 4.69) is 6.92 Å². The molecule has 2 saturated carbocycles. The zero-order valence-corrected chi connectivity index (χ0v) is 21.0. The summed E-state index contributed by atoms with van der Waals surface area (Å²) in [5, 5.41) is 9.13. The number of carbonyl (C=O) groups is 3.